The van der Waals surface area contributed by atoms with Gasteiger partial charge in [-0.15, -0.1) is 0 Å². The van der Waals surface area contributed by atoms with Crippen molar-refractivity contribution < 1.29 is 14.7 Å². The molecule has 5 nitrogen and oxygen atoms in total. The average Bonchev–Trinajstić information content (AvgIpc) is 1.95. The minimum atomic E-state index is -1.00. The van der Waals surface area contributed by atoms with Gasteiger partial charge < -0.3 is 16.2 Å². The van der Waals surface area contributed by atoms with E-state index in [4.69, 9.17) is 10.8 Å². The second-order valence-corrected chi connectivity index (χ2v) is 1.88. The van der Waals surface area contributed by atoms with Gasteiger partial charge in [0.05, 0.1) is 0 Å². The van der Waals surface area contributed by atoms with Gasteiger partial charge in [0.1, 0.15) is 0 Å². The lowest BCUT2D eigenvalue weighted by Crippen LogP contribution is -2.10. The summed E-state index contributed by atoms with van der Waals surface area (Å²) >= 11 is 0. The maximum absolute atomic E-state index is 10.1. The number of aliphatic carboxylic acids is 1. The number of nitrogens with one attached hydrogen (secondary N) is 1. The molecule has 0 aromatic rings. The molecule has 0 rings (SSSR count). The van der Waals surface area contributed by atoms with Crippen molar-refractivity contribution in [1.82, 2.24) is 5.32 Å². The van der Waals surface area contributed by atoms with Crippen LogP contribution in [0, 0.1) is 0 Å². The SMILES string of the molecule is NC(=O)/C=C\NC/C=C/C(=O)O. The highest BCUT2D eigenvalue weighted by Crippen LogP contribution is 1.71. The number of rotatable bonds is 5. The fourth-order valence-electron chi connectivity index (χ4n) is 0.437. The second-order valence-electron chi connectivity index (χ2n) is 1.88. The zero-order chi connectivity index (χ0) is 9.40. The molecule has 0 saturated heterocycles. The quantitative estimate of drug-likeness (QED) is 0.372. The number of primary amides is 1. The second kappa shape index (κ2) is 5.96. The van der Waals surface area contributed by atoms with Gasteiger partial charge >= 0.3 is 5.97 Å². The number of carboxylic acid groups (broad SMARTS) is 1. The number of nitrogens with two attached hydrogens (primary N) is 1. The first kappa shape index (κ1) is 10.2. The van der Waals surface area contributed by atoms with Crippen molar-refractivity contribution >= 4 is 11.9 Å². The lowest BCUT2D eigenvalue weighted by Gasteiger charge is -1.90. The Bertz CT molecular complexity index is 197. The summed E-state index contributed by atoms with van der Waals surface area (Å²) in [5.41, 5.74) is 4.78. The Morgan fingerprint density at radius 1 is 1.42 bits per heavy atom. The Kier molecular flexibility index (Phi) is 5.08. The van der Waals surface area contributed by atoms with Crippen LogP contribution < -0.4 is 11.1 Å². The van der Waals surface area contributed by atoms with Gasteiger partial charge in [-0.1, -0.05) is 6.08 Å². The molecule has 4 N–H and O–H groups in total. The van der Waals surface area contributed by atoms with Gasteiger partial charge in [0.25, 0.3) is 0 Å². The summed E-state index contributed by atoms with van der Waals surface area (Å²) in [6.07, 6.45) is 4.92. The molecule has 66 valence electrons. The largest absolute Gasteiger partial charge is 0.478 e. The summed E-state index contributed by atoms with van der Waals surface area (Å²) in [6, 6.07) is 0. The molecule has 0 saturated carbocycles. The van der Waals surface area contributed by atoms with Crippen molar-refractivity contribution in [2.45, 2.75) is 0 Å². The van der Waals surface area contributed by atoms with E-state index < -0.39 is 11.9 Å². The summed E-state index contributed by atoms with van der Waals surface area (Å²) in [7, 11) is 0. The Morgan fingerprint density at radius 2 is 2.08 bits per heavy atom. The molecule has 0 bridgehead atoms. The first-order chi connectivity index (χ1) is 5.63. The summed E-state index contributed by atoms with van der Waals surface area (Å²) < 4.78 is 0. The standard InChI is InChI=1S/C7H10N2O3/c8-6(10)3-5-9-4-1-2-7(11)12/h1-3,5,9H,4H2,(H2,8,10)(H,11,12)/b2-1+,5-3-. The molecular formula is C7H10N2O3. The lowest BCUT2D eigenvalue weighted by molar-refractivity contribution is -0.131. The molecule has 5 heteroatoms. The highest BCUT2D eigenvalue weighted by Gasteiger charge is 1.83. The molecule has 0 spiro atoms. The molecule has 0 aliphatic carbocycles. The number of carbonyl (C=O) groups is 2. The fraction of sp³-hybridized carbons (Fsp3) is 0.143. The van der Waals surface area contributed by atoms with Crippen LogP contribution in [0.25, 0.3) is 0 Å². The molecule has 0 radical (unpaired) electrons. The van der Waals surface area contributed by atoms with Crippen molar-refractivity contribution in [1.29, 1.82) is 0 Å². The number of hydrogen-bond acceptors (Lipinski definition) is 3. The third-order valence-electron chi connectivity index (χ3n) is 0.862. The van der Waals surface area contributed by atoms with Crippen molar-refractivity contribution in [3.63, 3.8) is 0 Å². The van der Waals surface area contributed by atoms with Crippen molar-refractivity contribution in [2.24, 2.45) is 5.73 Å². The van der Waals surface area contributed by atoms with E-state index in [-0.39, 0.29) is 0 Å². The Balaban J connectivity index is 3.45. The van der Waals surface area contributed by atoms with E-state index >= 15 is 0 Å². The normalized spacial score (nSPS) is 10.7. The fourth-order valence-corrected chi connectivity index (χ4v) is 0.437. The van der Waals surface area contributed by atoms with Crippen LogP contribution in [0.2, 0.25) is 0 Å². The first-order valence-corrected chi connectivity index (χ1v) is 3.22. The highest BCUT2D eigenvalue weighted by molar-refractivity contribution is 5.85. The van der Waals surface area contributed by atoms with Crippen LogP contribution in [0.4, 0.5) is 0 Å². The molecule has 1 amide bonds. The summed E-state index contributed by atoms with van der Waals surface area (Å²) in [5.74, 6) is -1.56. The molecule has 0 heterocycles. The summed E-state index contributed by atoms with van der Waals surface area (Å²) in [4.78, 5) is 20.1. The van der Waals surface area contributed by atoms with Crippen LogP contribution in [0.3, 0.4) is 0 Å². The van der Waals surface area contributed by atoms with E-state index in [1.807, 2.05) is 0 Å². The Labute approximate surface area is 69.6 Å². The number of amides is 1. The molecule has 0 aliphatic heterocycles. The maximum atomic E-state index is 10.1. The van der Waals surface area contributed by atoms with E-state index in [9.17, 15) is 9.59 Å². The van der Waals surface area contributed by atoms with Crippen LogP contribution in [0.15, 0.2) is 24.4 Å². The predicted octanol–water partition coefficient (Wildman–Crippen LogP) is -0.784. The minimum absolute atomic E-state index is 0.343. The van der Waals surface area contributed by atoms with E-state index in [0.717, 1.165) is 12.2 Å². The summed E-state index contributed by atoms with van der Waals surface area (Å²) in [5, 5.41) is 10.8. The maximum Gasteiger partial charge on any atom is 0.328 e. The van der Waals surface area contributed by atoms with Gasteiger partial charge in [0, 0.05) is 24.9 Å². The van der Waals surface area contributed by atoms with Crippen LogP contribution >= 0.6 is 0 Å². The molecule has 0 aromatic heterocycles. The summed E-state index contributed by atoms with van der Waals surface area (Å²) in [6.45, 7) is 0.343. The van der Waals surface area contributed by atoms with Crippen LogP contribution in [-0.4, -0.2) is 23.5 Å². The number of hydrogen-bond donors (Lipinski definition) is 3. The van der Waals surface area contributed by atoms with Gasteiger partial charge in [-0.3, -0.25) is 4.79 Å². The van der Waals surface area contributed by atoms with Gasteiger partial charge in [-0.2, -0.15) is 0 Å². The van der Waals surface area contributed by atoms with Crippen molar-refractivity contribution in [3.8, 4) is 0 Å². The van der Waals surface area contributed by atoms with Gasteiger partial charge in [-0.05, 0) is 0 Å². The van der Waals surface area contributed by atoms with Crippen molar-refractivity contribution in [2.75, 3.05) is 6.54 Å². The zero-order valence-corrected chi connectivity index (χ0v) is 6.36. The van der Waals surface area contributed by atoms with E-state index in [1.54, 1.807) is 0 Å². The zero-order valence-electron chi connectivity index (χ0n) is 6.36. The monoisotopic (exact) mass is 170 g/mol. The highest BCUT2D eigenvalue weighted by atomic mass is 16.4. The van der Waals surface area contributed by atoms with E-state index in [1.165, 1.54) is 12.3 Å². The molecule has 0 atom stereocenters. The number of carbonyl (C=O) groups excluding carboxylic acids is 1. The van der Waals surface area contributed by atoms with Gasteiger partial charge in [0.15, 0.2) is 0 Å². The van der Waals surface area contributed by atoms with Gasteiger partial charge in [0.2, 0.25) is 5.91 Å². The molecule has 0 aromatic carbocycles. The molecule has 12 heavy (non-hydrogen) atoms. The third-order valence-corrected chi connectivity index (χ3v) is 0.862. The Morgan fingerprint density at radius 3 is 2.58 bits per heavy atom. The van der Waals surface area contributed by atoms with Crippen LogP contribution in [-0.2, 0) is 9.59 Å². The predicted molar refractivity (Wildman–Crippen MR) is 43.1 cm³/mol. The molecule has 0 fully saturated rings. The lowest BCUT2D eigenvalue weighted by atomic mass is 10.5. The minimum Gasteiger partial charge on any atom is -0.478 e. The van der Waals surface area contributed by atoms with Crippen molar-refractivity contribution in [3.05, 3.63) is 24.4 Å². The Hall–Kier alpha value is -1.78. The van der Waals surface area contributed by atoms with E-state index in [0.29, 0.717) is 6.54 Å². The van der Waals surface area contributed by atoms with Crippen LogP contribution in [0.5, 0.6) is 0 Å². The van der Waals surface area contributed by atoms with Crippen LogP contribution in [0.1, 0.15) is 0 Å². The smallest absolute Gasteiger partial charge is 0.328 e. The third kappa shape index (κ3) is 8.22. The van der Waals surface area contributed by atoms with E-state index in [2.05, 4.69) is 5.32 Å². The molecule has 0 aliphatic rings. The molecule has 0 unspecified atom stereocenters. The number of carboxylic acids is 1. The first-order valence-electron chi connectivity index (χ1n) is 3.22. The van der Waals surface area contributed by atoms with Gasteiger partial charge in [-0.25, -0.2) is 4.79 Å². The topological polar surface area (TPSA) is 92.4 Å². The average molecular weight is 170 g/mol. The molecular weight excluding hydrogens is 160 g/mol.